The number of nitrogens with one attached hydrogen (secondary N) is 2. The van der Waals surface area contributed by atoms with Crippen molar-refractivity contribution in [1.82, 2.24) is 0 Å². The molecule has 2 aliphatic heterocycles. The summed E-state index contributed by atoms with van der Waals surface area (Å²) in [5.74, 6) is 0. The summed E-state index contributed by atoms with van der Waals surface area (Å²) in [5, 5.41) is 16.3. The minimum atomic E-state index is -2.36. The molecule has 0 radical (unpaired) electrons. The summed E-state index contributed by atoms with van der Waals surface area (Å²) >= 11 is 0. The van der Waals surface area contributed by atoms with Gasteiger partial charge in [-0.2, -0.15) is 0 Å². The van der Waals surface area contributed by atoms with Crippen molar-refractivity contribution in [2.45, 2.75) is 0 Å². The highest BCUT2D eigenvalue weighted by Crippen LogP contribution is 2.75. The van der Waals surface area contributed by atoms with Crippen molar-refractivity contribution < 1.29 is 0 Å². The Morgan fingerprint density at radius 2 is 0.548 bits per heavy atom. The summed E-state index contributed by atoms with van der Waals surface area (Å²) in [7, 11) is -4.72. The van der Waals surface area contributed by atoms with Crippen LogP contribution in [0.5, 0.6) is 0 Å². The summed E-state index contributed by atoms with van der Waals surface area (Å²) in [6, 6.07) is 62.7. The fourth-order valence-corrected chi connectivity index (χ4v) is 16.3. The molecule has 0 atom stereocenters. The third kappa shape index (κ3) is 3.53. The fraction of sp³-hybridized carbons (Fsp3) is 0. The number of para-hydroxylation sites is 2. The molecule has 42 heavy (non-hydrogen) atoms. The van der Waals surface area contributed by atoms with Gasteiger partial charge >= 0.3 is 0 Å². The third-order valence-electron chi connectivity index (χ3n) is 8.51. The van der Waals surface area contributed by atoms with E-state index in [0.717, 1.165) is 0 Å². The number of hydrogen-bond acceptors (Lipinski definition) is 2. The number of rotatable bonds is 4. The maximum atomic E-state index is 4.12. The maximum Gasteiger partial charge on any atom is 0.238 e. The first-order valence-electron chi connectivity index (χ1n) is 14.3. The van der Waals surface area contributed by atoms with E-state index in [-0.39, 0.29) is 0 Å². The van der Waals surface area contributed by atoms with Crippen LogP contribution in [0.1, 0.15) is 0 Å². The molecule has 0 saturated carbocycles. The van der Waals surface area contributed by atoms with Crippen molar-refractivity contribution in [3.8, 4) is 0 Å². The smallest absolute Gasteiger partial charge is 0.238 e. The molecule has 200 valence electrons. The van der Waals surface area contributed by atoms with Gasteiger partial charge in [0.25, 0.3) is 0 Å². The molecule has 0 fully saturated rings. The van der Waals surface area contributed by atoms with Crippen LogP contribution in [0.3, 0.4) is 0 Å². The molecule has 4 heteroatoms. The quantitative estimate of drug-likeness (QED) is 0.222. The van der Waals surface area contributed by atoms with Crippen LogP contribution in [0.2, 0.25) is 0 Å². The Balaban J connectivity index is 1.61. The zero-order valence-electron chi connectivity index (χ0n) is 23.1. The Bertz CT molecular complexity index is 1700. The van der Waals surface area contributed by atoms with Crippen LogP contribution in [0, 0.1) is 0 Å². The van der Waals surface area contributed by atoms with Crippen LogP contribution >= 0.6 is 14.5 Å². The van der Waals surface area contributed by atoms with E-state index in [1.807, 2.05) is 0 Å². The lowest BCUT2D eigenvalue weighted by molar-refractivity contribution is 1.43. The molecule has 2 aliphatic rings. The molecule has 0 aliphatic carbocycles. The zero-order chi connectivity index (χ0) is 28.0. The van der Waals surface area contributed by atoms with Crippen LogP contribution in [0.4, 0.5) is 11.4 Å². The van der Waals surface area contributed by atoms with E-state index in [0.29, 0.717) is 0 Å². The Morgan fingerprint density at radius 3 is 0.857 bits per heavy atom. The third-order valence-corrected chi connectivity index (χ3v) is 17.2. The van der Waals surface area contributed by atoms with Crippen molar-refractivity contribution in [2.24, 2.45) is 0 Å². The monoisotopic (exact) mass is 576 g/mol. The topological polar surface area (TPSA) is 24.1 Å². The second kappa shape index (κ2) is 10.1. The maximum absolute atomic E-state index is 4.12. The van der Waals surface area contributed by atoms with Crippen LogP contribution in [0.15, 0.2) is 181 Å². The summed E-state index contributed by atoms with van der Waals surface area (Å²) in [4.78, 5) is 0. The second-order valence-corrected chi connectivity index (χ2v) is 17.3. The van der Waals surface area contributed by atoms with E-state index in [9.17, 15) is 0 Å². The van der Waals surface area contributed by atoms with E-state index in [1.165, 1.54) is 54.1 Å². The summed E-state index contributed by atoms with van der Waals surface area (Å²) < 4.78 is 0. The normalized spacial score (nSPS) is 15.8. The largest absolute Gasteiger partial charge is 0.318 e. The van der Waals surface area contributed by atoms with Gasteiger partial charge in [0.15, 0.2) is 14.5 Å². The molecule has 6 aromatic carbocycles. The molecule has 2 nitrogen and oxygen atoms in total. The highest BCUT2D eigenvalue weighted by atomic mass is 31.2. The number of anilines is 2. The van der Waals surface area contributed by atoms with Gasteiger partial charge in [0.05, 0.1) is 11.4 Å². The van der Waals surface area contributed by atoms with Crippen molar-refractivity contribution >= 4 is 57.7 Å². The minimum Gasteiger partial charge on any atom is -0.318 e. The summed E-state index contributed by atoms with van der Waals surface area (Å²) in [6.07, 6.45) is 0. The first-order chi connectivity index (χ1) is 20.8. The lowest BCUT2D eigenvalue weighted by Gasteiger charge is -2.42. The number of hydrogen-bond donors (Lipinski definition) is 2. The van der Waals surface area contributed by atoms with Crippen LogP contribution in [-0.4, -0.2) is 0 Å². The van der Waals surface area contributed by atoms with Gasteiger partial charge in [0, 0.05) is 0 Å². The predicted molar refractivity (Wildman–Crippen MR) is 185 cm³/mol. The zero-order valence-corrected chi connectivity index (χ0v) is 24.8. The predicted octanol–water partition coefficient (Wildman–Crippen LogP) is 6.95. The molecule has 0 aromatic heterocycles. The number of benzene rings is 6. The first kappa shape index (κ1) is 25.2. The molecule has 8 rings (SSSR count). The first-order valence-corrected chi connectivity index (χ1v) is 17.9. The molecular weight excluding hydrogens is 546 g/mol. The highest BCUT2D eigenvalue weighted by Gasteiger charge is 2.65. The minimum absolute atomic E-state index is 1.19. The molecule has 6 aromatic rings. The Hall–Kier alpha value is -4.48. The van der Waals surface area contributed by atoms with E-state index in [2.05, 4.69) is 180 Å². The standard InChI is InChI=1S/C38H30N2P2/c1-5-17-29(18-6-1)41(30-19-7-2-8-20-30)35-27-15-13-25-33(35)40-38-37(41)39-34-26-14-16-28-36(34)42(38,31-21-9-3-10-22-31)32-23-11-4-12-24-32/h1-28,39-40H/q+2. The molecule has 0 amide bonds. The Labute approximate surface area is 248 Å². The van der Waals surface area contributed by atoms with Gasteiger partial charge in [-0.3, -0.25) is 0 Å². The van der Waals surface area contributed by atoms with Gasteiger partial charge in [-0.15, -0.1) is 0 Å². The van der Waals surface area contributed by atoms with E-state index >= 15 is 0 Å². The number of fused-ring (bicyclic) bond motifs is 2. The van der Waals surface area contributed by atoms with Crippen molar-refractivity contribution in [2.75, 3.05) is 10.6 Å². The van der Waals surface area contributed by atoms with Gasteiger partial charge in [-0.25, -0.2) is 0 Å². The van der Waals surface area contributed by atoms with Gasteiger partial charge in [-0.1, -0.05) is 97.1 Å². The lowest BCUT2D eigenvalue weighted by atomic mass is 10.3. The van der Waals surface area contributed by atoms with Gasteiger partial charge in [0.2, 0.25) is 10.9 Å². The second-order valence-electron chi connectivity index (χ2n) is 10.7. The highest BCUT2D eigenvalue weighted by molar-refractivity contribution is 8.03. The van der Waals surface area contributed by atoms with Gasteiger partial charge < -0.3 is 10.6 Å². The van der Waals surface area contributed by atoms with E-state index in [1.54, 1.807) is 0 Å². The Kier molecular flexibility index (Phi) is 6.08. The SMILES string of the molecule is c1ccc([P+]2(c3ccccc3)C3=C(Nc4ccccc42)[P+](c2ccccc2)(c2ccccc2)c2ccccc2N3)cc1. The molecule has 2 N–H and O–H groups in total. The van der Waals surface area contributed by atoms with Crippen molar-refractivity contribution in [3.05, 3.63) is 181 Å². The van der Waals surface area contributed by atoms with Crippen LogP contribution < -0.4 is 42.5 Å². The lowest BCUT2D eigenvalue weighted by Crippen LogP contribution is -2.46. The van der Waals surface area contributed by atoms with E-state index in [4.69, 9.17) is 0 Å². The average molecular weight is 577 g/mol. The van der Waals surface area contributed by atoms with Gasteiger partial charge in [0.1, 0.15) is 31.8 Å². The van der Waals surface area contributed by atoms with E-state index < -0.39 is 14.5 Å². The summed E-state index contributed by atoms with van der Waals surface area (Å²) in [5.41, 5.74) is 4.99. The van der Waals surface area contributed by atoms with Crippen LogP contribution in [0.25, 0.3) is 0 Å². The molecule has 0 spiro atoms. The molecule has 2 heterocycles. The van der Waals surface area contributed by atoms with Crippen LogP contribution in [-0.2, 0) is 0 Å². The fourth-order valence-electron chi connectivity index (χ4n) is 6.82. The van der Waals surface area contributed by atoms with Crippen molar-refractivity contribution in [3.63, 3.8) is 0 Å². The molecule has 0 unspecified atom stereocenters. The van der Waals surface area contributed by atoms with Gasteiger partial charge in [-0.05, 0) is 72.8 Å². The van der Waals surface area contributed by atoms with Crippen molar-refractivity contribution in [1.29, 1.82) is 0 Å². The molecular formula is C38H30N2P2+2. The Morgan fingerprint density at radius 1 is 0.286 bits per heavy atom. The average Bonchev–Trinajstić information content (AvgIpc) is 3.08. The summed E-state index contributed by atoms with van der Waals surface area (Å²) in [6.45, 7) is 0. The molecule has 0 bridgehead atoms. The molecule has 0 saturated heterocycles.